The van der Waals surface area contributed by atoms with E-state index in [1.54, 1.807) is 30.3 Å². The lowest BCUT2D eigenvalue weighted by molar-refractivity contribution is -0.385. The molecule has 5 aliphatic rings. The van der Waals surface area contributed by atoms with Crippen molar-refractivity contribution in [2.24, 2.45) is 0 Å². The zero-order valence-electron chi connectivity index (χ0n) is 29.6. The number of hydrogen-bond acceptors (Lipinski definition) is 12. The molecule has 3 aromatic carbocycles. The van der Waals surface area contributed by atoms with Gasteiger partial charge in [-0.15, -0.1) is 0 Å². The third-order valence-corrected chi connectivity index (χ3v) is 11.8. The van der Waals surface area contributed by atoms with Gasteiger partial charge in [0, 0.05) is 54.3 Å². The number of carbonyl (C=O) groups is 4. The summed E-state index contributed by atoms with van der Waals surface area (Å²) >= 11 is 1.50. The van der Waals surface area contributed by atoms with Crippen LogP contribution >= 0.6 is 11.8 Å². The molecular weight excluding hydrogens is 715 g/mol. The molecule has 4 amide bonds. The van der Waals surface area contributed by atoms with Crippen molar-refractivity contribution in [1.29, 1.82) is 0 Å². The van der Waals surface area contributed by atoms with E-state index in [1.807, 2.05) is 18.2 Å². The van der Waals surface area contributed by atoms with E-state index in [2.05, 4.69) is 15.5 Å². The van der Waals surface area contributed by atoms with Crippen molar-refractivity contribution in [1.82, 2.24) is 15.1 Å². The molecule has 0 bridgehead atoms. The zero-order chi connectivity index (χ0) is 37.3. The first kappa shape index (κ1) is 36.0. The fourth-order valence-corrected chi connectivity index (χ4v) is 8.69. The van der Waals surface area contributed by atoms with E-state index in [0.717, 1.165) is 96.4 Å². The number of nitrogens with one attached hydrogen (secondary N) is 2. The third kappa shape index (κ3) is 7.66. The summed E-state index contributed by atoms with van der Waals surface area (Å²) in [7, 11) is 0. The summed E-state index contributed by atoms with van der Waals surface area (Å²) in [6, 6.07) is 14.6. The minimum atomic E-state index is -0.988. The summed E-state index contributed by atoms with van der Waals surface area (Å²) < 4.78 is 18.6. The van der Waals surface area contributed by atoms with E-state index >= 15 is 0 Å². The largest absolute Gasteiger partial charge is 0.494 e. The van der Waals surface area contributed by atoms with Crippen molar-refractivity contribution in [2.75, 3.05) is 31.6 Å². The van der Waals surface area contributed by atoms with Crippen LogP contribution in [0.4, 0.5) is 17.1 Å². The molecule has 3 fully saturated rings. The first-order valence-electron chi connectivity index (χ1n) is 18.6. The number of nitro groups is 1. The molecule has 2 saturated heterocycles. The zero-order valence-corrected chi connectivity index (χ0v) is 30.4. The van der Waals surface area contributed by atoms with Gasteiger partial charge in [-0.05, 0) is 87.5 Å². The molecular formula is C39H41N5O9S. The van der Waals surface area contributed by atoms with Gasteiger partial charge in [0.1, 0.15) is 23.6 Å². The molecule has 2 N–H and O–H groups in total. The number of unbranched alkanes of at least 4 members (excludes halogenated alkanes) is 2. The molecule has 1 unspecified atom stereocenters. The molecule has 1 saturated carbocycles. The van der Waals surface area contributed by atoms with Crippen LogP contribution in [0, 0.1) is 10.1 Å². The van der Waals surface area contributed by atoms with Gasteiger partial charge in [0.2, 0.25) is 11.8 Å². The van der Waals surface area contributed by atoms with Crippen LogP contribution in [0.25, 0.3) is 0 Å². The lowest BCUT2D eigenvalue weighted by atomic mass is 9.91. The summed E-state index contributed by atoms with van der Waals surface area (Å²) in [6.45, 7) is 3.54. The number of benzene rings is 3. The summed E-state index contributed by atoms with van der Waals surface area (Å²) in [5.41, 5.74) is 2.34. The highest BCUT2D eigenvalue weighted by Gasteiger charge is 2.44. The summed E-state index contributed by atoms with van der Waals surface area (Å²) in [5.74, 6) is -0.805. The predicted molar refractivity (Wildman–Crippen MR) is 197 cm³/mol. The van der Waals surface area contributed by atoms with Gasteiger partial charge in [-0.2, -0.15) is 0 Å². The molecule has 14 nitrogen and oxygen atoms in total. The Labute approximate surface area is 316 Å². The Hall–Kier alpha value is -4.99. The number of piperidine rings is 2. The van der Waals surface area contributed by atoms with Crippen LogP contribution in [-0.4, -0.2) is 88.9 Å². The average Bonchev–Trinajstić information content (AvgIpc) is 3.39. The van der Waals surface area contributed by atoms with Crippen LogP contribution in [0.3, 0.4) is 0 Å². The molecule has 54 heavy (non-hydrogen) atoms. The summed E-state index contributed by atoms with van der Waals surface area (Å²) in [4.78, 5) is 65.8. The molecule has 8 rings (SSSR count). The quantitative estimate of drug-likeness (QED) is 0.0724. The monoisotopic (exact) mass is 755 g/mol. The summed E-state index contributed by atoms with van der Waals surface area (Å²) in [6.07, 6.45) is 7.45. The van der Waals surface area contributed by atoms with Crippen LogP contribution in [0.2, 0.25) is 0 Å². The second-order valence-corrected chi connectivity index (χ2v) is 15.5. The minimum absolute atomic E-state index is 0.0731. The van der Waals surface area contributed by atoms with E-state index < -0.39 is 29.7 Å². The second-order valence-electron chi connectivity index (χ2n) is 14.4. The number of nitrogens with zero attached hydrogens (tertiary/aromatic N) is 3. The molecule has 1 atom stereocenters. The highest BCUT2D eigenvalue weighted by Crippen LogP contribution is 2.47. The molecule has 4 heterocycles. The van der Waals surface area contributed by atoms with Crippen LogP contribution in [-0.2, 0) is 14.3 Å². The van der Waals surface area contributed by atoms with Crippen molar-refractivity contribution >= 4 is 52.5 Å². The van der Waals surface area contributed by atoms with Gasteiger partial charge < -0.3 is 24.4 Å². The maximum atomic E-state index is 13.1. The highest BCUT2D eigenvalue weighted by atomic mass is 32.2. The fourth-order valence-electron chi connectivity index (χ4n) is 7.64. The Kier molecular flexibility index (Phi) is 10.3. The normalized spacial score (nSPS) is 22.4. The number of amides is 4. The van der Waals surface area contributed by atoms with Gasteiger partial charge in [-0.25, -0.2) is 0 Å². The maximum absolute atomic E-state index is 13.1. The van der Waals surface area contributed by atoms with Gasteiger partial charge in [0.25, 0.3) is 17.5 Å². The second kappa shape index (κ2) is 15.4. The number of rotatable bonds is 13. The van der Waals surface area contributed by atoms with Crippen molar-refractivity contribution in [3.05, 3.63) is 75.8 Å². The number of non-ortho nitro benzene ring substituents is 1. The molecule has 0 aromatic heterocycles. The van der Waals surface area contributed by atoms with Crippen molar-refractivity contribution in [3.63, 3.8) is 0 Å². The molecule has 282 valence electrons. The minimum Gasteiger partial charge on any atom is -0.494 e. The van der Waals surface area contributed by atoms with Crippen LogP contribution in [0.15, 0.2) is 64.4 Å². The number of likely N-dealkylation sites (tertiary alicyclic amines) is 1. The predicted octanol–water partition coefficient (Wildman–Crippen LogP) is 5.84. The van der Waals surface area contributed by atoms with E-state index in [-0.39, 0.29) is 52.9 Å². The fraction of sp³-hybridized carbons (Fsp3) is 0.436. The molecule has 1 aliphatic carbocycles. The van der Waals surface area contributed by atoms with Gasteiger partial charge >= 0.3 is 0 Å². The maximum Gasteiger partial charge on any atom is 0.270 e. The lowest BCUT2D eigenvalue weighted by Gasteiger charge is -2.40. The lowest BCUT2D eigenvalue weighted by Crippen LogP contribution is -2.54. The molecule has 0 radical (unpaired) electrons. The van der Waals surface area contributed by atoms with Crippen molar-refractivity contribution in [3.8, 4) is 11.5 Å². The Balaban J connectivity index is 0.696. The Morgan fingerprint density at radius 2 is 1.52 bits per heavy atom. The molecule has 3 aromatic rings. The molecule has 4 aliphatic heterocycles. The average molecular weight is 756 g/mol. The standard InChI is InChI=1S/C39H41N5O9S/c45-36-11-10-33(37(46)41-36)43-38(47)29-7-5-25(21-30(29)39(43)48)51-17-3-1-2-14-42-15-12-24(13-16-42)52-27-19-28(20-27)53-26-6-9-32-35(22-26)54-34-18-23(44(49)50)4-8-31(34)40-32/h4-9,18,21-22,24,27-28,33,40H,1-3,10-17,19-20H2,(H,41,45,46). The number of nitro benzene ring substituents is 1. The van der Waals surface area contributed by atoms with E-state index in [9.17, 15) is 29.3 Å². The van der Waals surface area contributed by atoms with Gasteiger partial charge in [0.05, 0.1) is 46.2 Å². The Morgan fingerprint density at radius 1 is 0.778 bits per heavy atom. The molecule has 0 spiro atoms. The summed E-state index contributed by atoms with van der Waals surface area (Å²) in [5, 5.41) is 16.8. The van der Waals surface area contributed by atoms with E-state index in [4.69, 9.17) is 14.2 Å². The first-order chi connectivity index (χ1) is 26.2. The van der Waals surface area contributed by atoms with Crippen LogP contribution < -0.4 is 20.1 Å². The topological polar surface area (TPSA) is 170 Å². The highest BCUT2D eigenvalue weighted by molar-refractivity contribution is 7.99. The van der Waals surface area contributed by atoms with Crippen LogP contribution in [0.1, 0.15) is 78.5 Å². The third-order valence-electron chi connectivity index (χ3n) is 10.7. The number of ether oxygens (including phenoxy) is 3. The number of anilines is 2. The SMILES string of the molecule is O=C1CCC(N2C(=O)c3ccc(OCCCCCN4CCC(OC5CC(Oc6ccc7c(c6)Sc6cc([N+](=O)[O-])ccc6N7)C5)CC4)cc3C2=O)C(=O)N1. The number of carbonyl (C=O) groups excluding carboxylic acids is 4. The van der Waals surface area contributed by atoms with Crippen molar-refractivity contribution < 1.29 is 38.3 Å². The number of hydrogen-bond donors (Lipinski definition) is 2. The number of imide groups is 2. The Bertz CT molecular complexity index is 1990. The van der Waals surface area contributed by atoms with E-state index in [1.165, 1.54) is 17.8 Å². The number of fused-ring (bicyclic) bond motifs is 3. The van der Waals surface area contributed by atoms with Gasteiger partial charge in [-0.3, -0.25) is 39.5 Å². The smallest absolute Gasteiger partial charge is 0.270 e. The van der Waals surface area contributed by atoms with Crippen LogP contribution in [0.5, 0.6) is 11.5 Å². The first-order valence-corrected chi connectivity index (χ1v) is 19.4. The van der Waals surface area contributed by atoms with Gasteiger partial charge in [-0.1, -0.05) is 11.8 Å². The molecule has 15 heteroatoms. The van der Waals surface area contributed by atoms with E-state index in [0.29, 0.717) is 12.4 Å². The van der Waals surface area contributed by atoms with Gasteiger partial charge in [0.15, 0.2) is 0 Å². The van der Waals surface area contributed by atoms with Crippen molar-refractivity contribution in [2.45, 2.75) is 91.9 Å². The Morgan fingerprint density at radius 3 is 2.30 bits per heavy atom.